The zero-order valence-electron chi connectivity index (χ0n) is 9.93. The monoisotopic (exact) mass is 262 g/mol. The summed E-state index contributed by atoms with van der Waals surface area (Å²) in [5, 5.41) is 47.4. The van der Waals surface area contributed by atoms with E-state index in [0.717, 1.165) is 11.6 Å². The van der Waals surface area contributed by atoms with Gasteiger partial charge in [-0.25, -0.2) is 0 Å². The van der Waals surface area contributed by atoms with Crippen molar-refractivity contribution in [2.75, 3.05) is 0 Å². The maximum Gasteiger partial charge on any atom is 0.232 e. The van der Waals surface area contributed by atoms with Gasteiger partial charge in [-0.2, -0.15) is 0 Å². The Kier molecular flexibility index (Phi) is 3.33. The Morgan fingerprint density at radius 1 is 1.00 bits per heavy atom. The van der Waals surface area contributed by atoms with Gasteiger partial charge in [0.1, 0.15) is 11.5 Å². The number of hydrogen-bond acceptors (Lipinski definition) is 5. The van der Waals surface area contributed by atoms with Crippen LogP contribution in [0.2, 0.25) is 0 Å². The largest absolute Gasteiger partial charge is 0.508 e. The van der Waals surface area contributed by atoms with Crippen LogP contribution in [0.25, 0.3) is 6.08 Å². The van der Waals surface area contributed by atoms with Gasteiger partial charge in [0.2, 0.25) is 5.79 Å². The van der Waals surface area contributed by atoms with Crippen molar-refractivity contribution in [3.05, 3.63) is 59.6 Å². The molecule has 5 nitrogen and oxygen atoms in total. The van der Waals surface area contributed by atoms with E-state index < -0.39 is 17.5 Å². The van der Waals surface area contributed by atoms with Gasteiger partial charge in [-0.15, -0.1) is 0 Å². The molecule has 1 aliphatic rings. The first-order chi connectivity index (χ1) is 8.89. The van der Waals surface area contributed by atoms with Crippen molar-refractivity contribution in [2.45, 2.75) is 5.79 Å². The van der Waals surface area contributed by atoms with E-state index in [2.05, 4.69) is 0 Å². The number of aliphatic hydroxyl groups is 4. The fourth-order valence-corrected chi connectivity index (χ4v) is 1.76. The van der Waals surface area contributed by atoms with Crippen LogP contribution in [0.5, 0.6) is 5.75 Å². The van der Waals surface area contributed by atoms with E-state index in [9.17, 15) is 20.4 Å². The Balaban J connectivity index is 2.23. The molecule has 0 aliphatic heterocycles. The lowest BCUT2D eigenvalue weighted by atomic mass is 9.90. The molecule has 5 heteroatoms. The Morgan fingerprint density at radius 2 is 1.63 bits per heavy atom. The smallest absolute Gasteiger partial charge is 0.232 e. The Morgan fingerprint density at radius 3 is 2.26 bits per heavy atom. The van der Waals surface area contributed by atoms with Crippen LogP contribution in [0.1, 0.15) is 5.56 Å². The second kappa shape index (κ2) is 4.79. The summed E-state index contributed by atoms with van der Waals surface area (Å²) in [6.45, 7) is 0. The lowest BCUT2D eigenvalue weighted by Crippen LogP contribution is -2.40. The van der Waals surface area contributed by atoms with Gasteiger partial charge in [-0.05, 0) is 23.8 Å². The highest BCUT2D eigenvalue weighted by atomic mass is 16.5. The number of benzene rings is 1. The molecule has 0 spiro atoms. The second-order valence-corrected chi connectivity index (χ2v) is 4.32. The maximum absolute atomic E-state index is 9.73. The summed E-state index contributed by atoms with van der Waals surface area (Å²) in [5.74, 6) is -4.25. The van der Waals surface area contributed by atoms with Gasteiger partial charge < -0.3 is 25.5 Å². The number of hydrogen-bond donors (Lipinski definition) is 5. The summed E-state index contributed by atoms with van der Waals surface area (Å²) < 4.78 is 0. The first-order valence-electron chi connectivity index (χ1n) is 5.63. The normalized spacial score (nSPS) is 22.1. The molecule has 0 heterocycles. The minimum absolute atomic E-state index is 0.131. The molecule has 1 aliphatic carbocycles. The van der Waals surface area contributed by atoms with Crippen LogP contribution in [0.3, 0.4) is 0 Å². The maximum atomic E-state index is 9.73. The molecule has 1 unspecified atom stereocenters. The number of allylic oxidation sites excluding steroid dienone is 1. The molecule has 0 radical (unpaired) electrons. The predicted octanol–water partition coefficient (Wildman–Crippen LogP) is 1.60. The minimum atomic E-state index is -2.44. The van der Waals surface area contributed by atoms with Crippen molar-refractivity contribution in [3.63, 3.8) is 0 Å². The fraction of sp³-hybridized carbons (Fsp3) is 0.143. The molecule has 0 saturated heterocycles. The summed E-state index contributed by atoms with van der Waals surface area (Å²) in [6.07, 6.45) is 5.13. The van der Waals surface area contributed by atoms with Crippen molar-refractivity contribution in [1.29, 1.82) is 0 Å². The van der Waals surface area contributed by atoms with Crippen LogP contribution in [-0.4, -0.2) is 31.3 Å². The van der Waals surface area contributed by atoms with Crippen LogP contribution >= 0.6 is 0 Å². The molecule has 0 saturated carbocycles. The van der Waals surface area contributed by atoms with E-state index in [1.165, 1.54) is 24.3 Å². The first-order valence-corrected chi connectivity index (χ1v) is 5.63. The highest BCUT2D eigenvalue weighted by Gasteiger charge is 2.39. The van der Waals surface area contributed by atoms with Gasteiger partial charge in [0.15, 0.2) is 5.76 Å². The van der Waals surface area contributed by atoms with E-state index in [-0.39, 0.29) is 11.5 Å². The summed E-state index contributed by atoms with van der Waals surface area (Å²) >= 11 is 0. The van der Waals surface area contributed by atoms with Gasteiger partial charge in [-0.1, -0.05) is 24.3 Å². The average molecular weight is 262 g/mol. The fourth-order valence-electron chi connectivity index (χ4n) is 1.76. The Hall–Kier alpha value is -2.24. The number of aliphatic hydroxyl groups excluding tert-OH is 2. The molecule has 5 N–H and O–H groups in total. The van der Waals surface area contributed by atoms with Crippen molar-refractivity contribution in [1.82, 2.24) is 0 Å². The molecule has 100 valence electrons. The van der Waals surface area contributed by atoms with Crippen LogP contribution in [0.15, 0.2) is 54.0 Å². The van der Waals surface area contributed by atoms with Crippen LogP contribution in [0, 0.1) is 5.92 Å². The van der Waals surface area contributed by atoms with Crippen molar-refractivity contribution in [2.24, 2.45) is 5.92 Å². The average Bonchev–Trinajstić information content (AvgIpc) is 2.34. The molecule has 0 bridgehead atoms. The van der Waals surface area contributed by atoms with Crippen LogP contribution in [0.4, 0.5) is 0 Å². The molecule has 1 aromatic rings. The van der Waals surface area contributed by atoms with E-state index in [0.29, 0.717) is 0 Å². The quantitative estimate of drug-likeness (QED) is 0.521. The third-order valence-electron chi connectivity index (χ3n) is 2.87. The minimum Gasteiger partial charge on any atom is -0.508 e. The SMILES string of the molecule is OC1=CC(/C=C/c2ccc(O)cc2)C(O)(O)C(O)=C1. The van der Waals surface area contributed by atoms with Gasteiger partial charge in [0.05, 0.1) is 5.92 Å². The van der Waals surface area contributed by atoms with Crippen molar-refractivity contribution >= 4 is 6.08 Å². The summed E-state index contributed by atoms with van der Waals surface area (Å²) in [7, 11) is 0. The summed E-state index contributed by atoms with van der Waals surface area (Å²) in [6, 6.07) is 6.28. The lowest BCUT2D eigenvalue weighted by Gasteiger charge is -2.29. The standard InChI is InChI=1S/C14H14O5/c15-11-5-2-9(3-6-11)1-4-10-7-12(16)8-13(17)14(10,18)19/h1-8,10,15-19H/b4-1+. The molecule has 0 amide bonds. The van der Waals surface area contributed by atoms with Crippen LogP contribution in [-0.2, 0) is 0 Å². The highest BCUT2D eigenvalue weighted by Crippen LogP contribution is 2.30. The molecule has 0 fully saturated rings. The predicted molar refractivity (Wildman–Crippen MR) is 69.2 cm³/mol. The molecule has 1 atom stereocenters. The van der Waals surface area contributed by atoms with Crippen LogP contribution < -0.4 is 0 Å². The Labute approximate surface area is 109 Å². The first kappa shape index (κ1) is 13.2. The van der Waals surface area contributed by atoms with Gasteiger partial charge in [-0.3, -0.25) is 0 Å². The Bertz CT molecular complexity index is 552. The zero-order chi connectivity index (χ0) is 14.0. The zero-order valence-corrected chi connectivity index (χ0v) is 9.93. The number of aromatic hydroxyl groups is 1. The summed E-state index contributed by atoms with van der Waals surface area (Å²) in [5.41, 5.74) is 0.732. The topological polar surface area (TPSA) is 101 Å². The van der Waals surface area contributed by atoms with E-state index in [1.54, 1.807) is 18.2 Å². The van der Waals surface area contributed by atoms with Gasteiger partial charge in [0.25, 0.3) is 0 Å². The van der Waals surface area contributed by atoms with Crippen molar-refractivity contribution < 1.29 is 25.5 Å². The summed E-state index contributed by atoms with van der Waals surface area (Å²) in [4.78, 5) is 0. The third-order valence-corrected chi connectivity index (χ3v) is 2.87. The molecule has 1 aromatic carbocycles. The highest BCUT2D eigenvalue weighted by molar-refractivity contribution is 5.52. The molecule has 2 rings (SSSR count). The number of phenolic OH excluding ortho intramolecular Hbond substituents is 1. The van der Waals surface area contributed by atoms with Crippen molar-refractivity contribution in [3.8, 4) is 5.75 Å². The molecule has 19 heavy (non-hydrogen) atoms. The number of rotatable bonds is 2. The van der Waals surface area contributed by atoms with Gasteiger partial charge in [0, 0.05) is 6.08 Å². The number of phenols is 1. The molecule has 0 aromatic heterocycles. The van der Waals surface area contributed by atoms with Gasteiger partial charge >= 0.3 is 0 Å². The van der Waals surface area contributed by atoms with E-state index in [4.69, 9.17) is 5.11 Å². The van der Waals surface area contributed by atoms with E-state index in [1.807, 2.05) is 0 Å². The molecular weight excluding hydrogens is 248 g/mol. The van der Waals surface area contributed by atoms with E-state index >= 15 is 0 Å². The third kappa shape index (κ3) is 2.78. The lowest BCUT2D eigenvalue weighted by molar-refractivity contribution is -0.170. The molecular formula is C14H14O5. The second-order valence-electron chi connectivity index (χ2n) is 4.32.